The molecule has 0 fully saturated rings. The van der Waals surface area contributed by atoms with E-state index in [2.05, 4.69) is 4.98 Å². The molecule has 0 saturated heterocycles. The van der Waals surface area contributed by atoms with Crippen molar-refractivity contribution in [3.8, 4) is 5.75 Å². The minimum absolute atomic E-state index is 0.372. The lowest BCUT2D eigenvalue weighted by atomic mass is 10.2. The highest BCUT2D eigenvalue weighted by molar-refractivity contribution is 7.18. The van der Waals surface area contributed by atoms with E-state index in [1.807, 2.05) is 24.4 Å². The summed E-state index contributed by atoms with van der Waals surface area (Å²) < 4.78 is 1.13. The van der Waals surface area contributed by atoms with Crippen LogP contribution in [0.15, 0.2) is 29.8 Å². The van der Waals surface area contributed by atoms with Crippen LogP contribution in [0.3, 0.4) is 0 Å². The molecule has 1 aromatic carbocycles. The number of fused-ring (bicyclic) bond motifs is 3. The quantitative estimate of drug-likeness (QED) is 0.560. The highest BCUT2D eigenvalue weighted by Crippen LogP contribution is 2.35. The van der Waals surface area contributed by atoms with Crippen LogP contribution in [0, 0.1) is 0 Å². The standard InChI is InChI=1S/C10H7NOS/c12-8-5-13-10-7(8)2-1-6-3-4-11-9(6)10/h1-5,11-12H. The Balaban J connectivity index is 2.66. The van der Waals surface area contributed by atoms with Gasteiger partial charge in [-0.05, 0) is 12.1 Å². The second kappa shape index (κ2) is 2.26. The van der Waals surface area contributed by atoms with Gasteiger partial charge in [0.05, 0.1) is 10.2 Å². The molecule has 0 aliphatic carbocycles. The van der Waals surface area contributed by atoms with Crippen LogP contribution in [0.1, 0.15) is 0 Å². The minimum atomic E-state index is 0.372. The molecule has 0 aliphatic rings. The number of H-pyrrole nitrogens is 1. The fourth-order valence-corrected chi connectivity index (χ4v) is 2.55. The van der Waals surface area contributed by atoms with Gasteiger partial charge < -0.3 is 10.1 Å². The molecule has 0 unspecified atom stereocenters. The molecule has 2 aromatic heterocycles. The summed E-state index contributed by atoms with van der Waals surface area (Å²) in [4.78, 5) is 3.18. The van der Waals surface area contributed by atoms with Crippen LogP contribution in [0.4, 0.5) is 0 Å². The van der Waals surface area contributed by atoms with Gasteiger partial charge in [-0.15, -0.1) is 11.3 Å². The topological polar surface area (TPSA) is 36.0 Å². The van der Waals surface area contributed by atoms with Crippen molar-refractivity contribution >= 4 is 32.3 Å². The van der Waals surface area contributed by atoms with E-state index in [9.17, 15) is 5.11 Å². The van der Waals surface area contributed by atoms with Gasteiger partial charge in [-0.2, -0.15) is 0 Å². The summed E-state index contributed by atoms with van der Waals surface area (Å²) in [6, 6.07) is 6.00. The Hall–Kier alpha value is -1.48. The third-order valence-electron chi connectivity index (χ3n) is 2.24. The zero-order valence-corrected chi connectivity index (χ0v) is 7.56. The van der Waals surface area contributed by atoms with Crippen molar-refractivity contribution in [2.24, 2.45) is 0 Å². The minimum Gasteiger partial charge on any atom is -0.506 e. The lowest BCUT2D eigenvalue weighted by Crippen LogP contribution is -1.67. The van der Waals surface area contributed by atoms with Gasteiger partial charge in [-0.3, -0.25) is 0 Å². The number of aromatic nitrogens is 1. The number of nitrogens with one attached hydrogen (secondary N) is 1. The van der Waals surface area contributed by atoms with Gasteiger partial charge in [-0.1, -0.05) is 6.07 Å². The molecule has 2 N–H and O–H groups in total. The molecule has 0 spiro atoms. The average molecular weight is 189 g/mol. The predicted octanol–water partition coefficient (Wildman–Crippen LogP) is 3.09. The van der Waals surface area contributed by atoms with Crippen LogP contribution >= 0.6 is 11.3 Å². The molecule has 0 bridgehead atoms. The maximum atomic E-state index is 9.50. The lowest BCUT2D eigenvalue weighted by molar-refractivity contribution is 0.484. The normalized spacial score (nSPS) is 11.4. The molecule has 2 heterocycles. The van der Waals surface area contributed by atoms with E-state index in [-0.39, 0.29) is 0 Å². The Labute approximate surface area is 78.4 Å². The smallest absolute Gasteiger partial charge is 0.134 e. The zero-order chi connectivity index (χ0) is 8.84. The monoisotopic (exact) mass is 189 g/mol. The van der Waals surface area contributed by atoms with Gasteiger partial charge in [0.1, 0.15) is 5.75 Å². The molecule has 0 atom stereocenters. The molecular weight excluding hydrogens is 182 g/mol. The van der Waals surface area contributed by atoms with Crippen molar-refractivity contribution in [1.82, 2.24) is 4.98 Å². The summed E-state index contributed by atoms with van der Waals surface area (Å²) in [5.41, 5.74) is 1.11. The number of aromatic amines is 1. The zero-order valence-electron chi connectivity index (χ0n) is 6.74. The van der Waals surface area contributed by atoms with Crippen molar-refractivity contribution in [3.63, 3.8) is 0 Å². The van der Waals surface area contributed by atoms with E-state index in [4.69, 9.17) is 0 Å². The summed E-state index contributed by atoms with van der Waals surface area (Å²) in [5, 5.41) is 13.4. The molecule has 0 radical (unpaired) electrons. The van der Waals surface area contributed by atoms with Crippen molar-refractivity contribution < 1.29 is 5.11 Å². The Morgan fingerprint density at radius 3 is 3.08 bits per heavy atom. The van der Waals surface area contributed by atoms with E-state index in [0.717, 1.165) is 15.6 Å². The fourth-order valence-electron chi connectivity index (χ4n) is 1.60. The van der Waals surface area contributed by atoms with Gasteiger partial charge in [0.2, 0.25) is 0 Å². The van der Waals surface area contributed by atoms with E-state index >= 15 is 0 Å². The molecule has 3 heteroatoms. The third kappa shape index (κ3) is 0.820. The maximum absolute atomic E-state index is 9.50. The summed E-state index contributed by atoms with van der Waals surface area (Å²) in [7, 11) is 0. The summed E-state index contributed by atoms with van der Waals surface area (Å²) in [6.45, 7) is 0. The Morgan fingerprint density at radius 2 is 2.15 bits per heavy atom. The Bertz CT molecular complexity index is 579. The molecule has 2 nitrogen and oxygen atoms in total. The largest absolute Gasteiger partial charge is 0.506 e. The maximum Gasteiger partial charge on any atom is 0.134 e. The van der Waals surface area contributed by atoms with Crippen molar-refractivity contribution in [2.75, 3.05) is 0 Å². The van der Waals surface area contributed by atoms with Gasteiger partial charge in [-0.25, -0.2) is 0 Å². The number of aromatic hydroxyl groups is 1. The van der Waals surface area contributed by atoms with Crippen LogP contribution in [-0.4, -0.2) is 10.1 Å². The summed E-state index contributed by atoms with van der Waals surface area (Å²) >= 11 is 1.57. The molecule has 3 rings (SSSR count). The highest BCUT2D eigenvalue weighted by atomic mass is 32.1. The first-order valence-electron chi connectivity index (χ1n) is 4.02. The van der Waals surface area contributed by atoms with E-state index in [1.54, 1.807) is 16.7 Å². The number of hydrogen-bond acceptors (Lipinski definition) is 2. The first-order chi connectivity index (χ1) is 6.36. The van der Waals surface area contributed by atoms with Crippen LogP contribution < -0.4 is 0 Å². The predicted molar refractivity (Wildman–Crippen MR) is 55.3 cm³/mol. The molecule has 3 aromatic rings. The Kier molecular flexibility index (Phi) is 1.21. The lowest BCUT2D eigenvalue weighted by Gasteiger charge is -1.92. The van der Waals surface area contributed by atoms with Gasteiger partial charge in [0, 0.05) is 22.3 Å². The average Bonchev–Trinajstić information content (AvgIpc) is 2.70. The van der Waals surface area contributed by atoms with E-state index in [0.29, 0.717) is 5.75 Å². The fraction of sp³-hybridized carbons (Fsp3) is 0. The van der Waals surface area contributed by atoms with Crippen LogP contribution in [0.2, 0.25) is 0 Å². The summed E-state index contributed by atoms with van der Waals surface area (Å²) in [6.07, 6.45) is 1.92. The highest BCUT2D eigenvalue weighted by Gasteiger charge is 2.06. The van der Waals surface area contributed by atoms with Crippen molar-refractivity contribution in [2.45, 2.75) is 0 Å². The first kappa shape index (κ1) is 6.97. The molecular formula is C10H7NOS. The van der Waals surface area contributed by atoms with Gasteiger partial charge in [0.25, 0.3) is 0 Å². The number of rotatable bonds is 0. The van der Waals surface area contributed by atoms with E-state index in [1.165, 1.54) is 5.39 Å². The third-order valence-corrected chi connectivity index (χ3v) is 3.25. The molecule has 0 saturated carbocycles. The Morgan fingerprint density at radius 1 is 1.23 bits per heavy atom. The molecule has 0 amide bonds. The molecule has 0 aliphatic heterocycles. The number of hydrogen-bond donors (Lipinski definition) is 2. The SMILES string of the molecule is Oc1csc2c1ccc1cc[nH]c12. The van der Waals surface area contributed by atoms with Crippen LogP contribution in [-0.2, 0) is 0 Å². The second-order valence-corrected chi connectivity index (χ2v) is 3.88. The van der Waals surface area contributed by atoms with Crippen LogP contribution in [0.5, 0.6) is 5.75 Å². The second-order valence-electron chi connectivity index (χ2n) is 3.01. The number of thiophene rings is 1. The summed E-state index contributed by atoms with van der Waals surface area (Å²) in [5.74, 6) is 0.372. The van der Waals surface area contributed by atoms with E-state index < -0.39 is 0 Å². The van der Waals surface area contributed by atoms with Gasteiger partial charge in [0.15, 0.2) is 0 Å². The van der Waals surface area contributed by atoms with Crippen molar-refractivity contribution in [1.29, 1.82) is 0 Å². The first-order valence-corrected chi connectivity index (χ1v) is 4.90. The number of benzene rings is 1. The van der Waals surface area contributed by atoms with Crippen LogP contribution in [0.25, 0.3) is 21.0 Å². The molecule has 13 heavy (non-hydrogen) atoms. The van der Waals surface area contributed by atoms with Gasteiger partial charge >= 0.3 is 0 Å². The van der Waals surface area contributed by atoms with Crippen molar-refractivity contribution in [3.05, 3.63) is 29.8 Å². The molecule has 64 valence electrons.